The Bertz CT molecular complexity index is 311. The first-order chi connectivity index (χ1) is 8.22. The van der Waals surface area contributed by atoms with Gasteiger partial charge in [0.1, 0.15) is 0 Å². The van der Waals surface area contributed by atoms with E-state index < -0.39 is 0 Å². The van der Waals surface area contributed by atoms with Crippen LogP contribution in [0.2, 0.25) is 0 Å². The summed E-state index contributed by atoms with van der Waals surface area (Å²) in [6.07, 6.45) is 4.74. The SMILES string of the molecule is CCCC(C)CC(NCC)c1snnc1CC. The first-order valence-corrected chi connectivity index (χ1v) is 7.54. The fraction of sp³-hybridized carbons (Fsp3) is 0.846. The molecule has 1 aromatic heterocycles. The van der Waals surface area contributed by atoms with Gasteiger partial charge in [0.15, 0.2) is 0 Å². The number of nitrogens with one attached hydrogen (secondary N) is 1. The van der Waals surface area contributed by atoms with Gasteiger partial charge in [-0.25, -0.2) is 0 Å². The molecule has 2 atom stereocenters. The second-order valence-electron chi connectivity index (χ2n) is 4.68. The van der Waals surface area contributed by atoms with Crippen molar-refractivity contribution >= 4 is 11.5 Å². The van der Waals surface area contributed by atoms with Crippen molar-refractivity contribution in [1.82, 2.24) is 14.9 Å². The van der Waals surface area contributed by atoms with Crippen LogP contribution in [0.3, 0.4) is 0 Å². The summed E-state index contributed by atoms with van der Waals surface area (Å²) in [5, 5.41) is 7.80. The third kappa shape index (κ3) is 4.36. The van der Waals surface area contributed by atoms with E-state index in [4.69, 9.17) is 0 Å². The molecule has 2 unspecified atom stereocenters. The largest absolute Gasteiger partial charge is 0.309 e. The Balaban J connectivity index is 2.71. The second-order valence-corrected chi connectivity index (χ2v) is 5.46. The van der Waals surface area contributed by atoms with E-state index in [0.717, 1.165) is 18.9 Å². The lowest BCUT2D eigenvalue weighted by Crippen LogP contribution is -2.23. The molecule has 1 rings (SSSR count). The molecule has 0 bridgehead atoms. The van der Waals surface area contributed by atoms with Crippen LogP contribution in [-0.2, 0) is 6.42 Å². The van der Waals surface area contributed by atoms with E-state index >= 15 is 0 Å². The smallest absolute Gasteiger partial charge is 0.0800 e. The van der Waals surface area contributed by atoms with E-state index in [1.54, 1.807) is 11.5 Å². The topological polar surface area (TPSA) is 37.8 Å². The first kappa shape index (κ1) is 14.6. The number of aromatic nitrogens is 2. The molecule has 0 aliphatic heterocycles. The van der Waals surface area contributed by atoms with Crippen molar-refractivity contribution in [2.45, 2.75) is 59.4 Å². The third-order valence-corrected chi connectivity index (χ3v) is 3.99. The standard InChI is InChI=1S/C13H25N3S/c1-5-8-10(4)9-12(14-7-3)13-11(6-2)15-16-17-13/h10,12,14H,5-9H2,1-4H3. The Morgan fingerprint density at radius 2 is 2.06 bits per heavy atom. The van der Waals surface area contributed by atoms with E-state index in [9.17, 15) is 0 Å². The number of aryl methyl sites for hydroxylation is 1. The summed E-state index contributed by atoms with van der Waals surface area (Å²) in [6, 6.07) is 0.441. The first-order valence-electron chi connectivity index (χ1n) is 6.77. The fourth-order valence-electron chi connectivity index (χ4n) is 2.27. The number of hydrogen-bond acceptors (Lipinski definition) is 4. The average Bonchev–Trinajstić information content (AvgIpc) is 2.76. The summed E-state index contributed by atoms with van der Waals surface area (Å²) in [5.41, 5.74) is 1.17. The van der Waals surface area contributed by atoms with E-state index in [1.807, 2.05) is 0 Å². The number of nitrogens with zero attached hydrogens (tertiary/aromatic N) is 2. The number of rotatable bonds is 8. The van der Waals surface area contributed by atoms with Crippen molar-refractivity contribution in [3.8, 4) is 0 Å². The van der Waals surface area contributed by atoms with E-state index in [1.165, 1.54) is 29.8 Å². The maximum atomic E-state index is 4.22. The highest BCUT2D eigenvalue weighted by Crippen LogP contribution is 2.28. The average molecular weight is 255 g/mol. The van der Waals surface area contributed by atoms with Gasteiger partial charge >= 0.3 is 0 Å². The summed E-state index contributed by atoms with van der Waals surface area (Å²) < 4.78 is 4.10. The van der Waals surface area contributed by atoms with Gasteiger partial charge in [-0.3, -0.25) is 0 Å². The third-order valence-electron chi connectivity index (χ3n) is 3.11. The Hall–Kier alpha value is -0.480. The molecule has 0 fully saturated rings. The van der Waals surface area contributed by atoms with Crippen LogP contribution in [0.5, 0.6) is 0 Å². The minimum Gasteiger partial charge on any atom is -0.309 e. The van der Waals surface area contributed by atoms with Crippen molar-refractivity contribution in [3.63, 3.8) is 0 Å². The van der Waals surface area contributed by atoms with Gasteiger partial charge in [0, 0.05) is 6.04 Å². The monoisotopic (exact) mass is 255 g/mol. The molecule has 0 aliphatic carbocycles. The Kier molecular flexibility index (Phi) is 6.66. The highest BCUT2D eigenvalue weighted by molar-refractivity contribution is 7.05. The molecule has 0 spiro atoms. The molecule has 0 radical (unpaired) electrons. The Labute approximate surface area is 109 Å². The van der Waals surface area contributed by atoms with Crippen molar-refractivity contribution in [1.29, 1.82) is 0 Å². The molecule has 3 nitrogen and oxygen atoms in total. The highest BCUT2D eigenvalue weighted by atomic mass is 32.1. The predicted molar refractivity (Wildman–Crippen MR) is 74.4 cm³/mol. The molecule has 1 N–H and O–H groups in total. The molecule has 0 aromatic carbocycles. The minimum atomic E-state index is 0.441. The summed E-state index contributed by atoms with van der Waals surface area (Å²) in [5.74, 6) is 0.760. The molecule has 98 valence electrons. The number of hydrogen-bond donors (Lipinski definition) is 1. The van der Waals surface area contributed by atoms with Gasteiger partial charge in [0.05, 0.1) is 10.6 Å². The fourth-order valence-corrected chi connectivity index (χ4v) is 3.09. The Morgan fingerprint density at radius 1 is 1.29 bits per heavy atom. The van der Waals surface area contributed by atoms with Gasteiger partial charge in [-0.05, 0) is 36.8 Å². The quantitative estimate of drug-likeness (QED) is 0.771. The minimum absolute atomic E-state index is 0.441. The lowest BCUT2D eigenvalue weighted by Gasteiger charge is -2.20. The molecule has 0 aliphatic rings. The van der Waals surface area contributed by atoms with Crippen molar-refractivity contribution in [2.75, 3.05) is 6.54 Å². The lowest BCUT2D eigenvalue weighted by atomic mass is 9.95. The van der Waals surface area contributed by atoms with Gasteiger partial charge in [0.2, 0.25) is 0 Å². The van der Waals surface area contributed by atoms with Crippen LogP contribution in [0, 0.1) is 5.92 Å². The normalized spacial score (nSPS) is 14.8. The van der Waals surface area contributed by atoms with E-state index in [2.05, 4.69) is 42.6 Å². The van der Waals surface area contributed by atoms with Gasteiger partial charge in [0.25, 0.3) is 0 Å². The Morgan fingerprint density at radius 3 is 2.65 bits per heavy atom. The molecule has 0 saturated heterocycles. The summed E-state index contributed by atoms with van der Waals surface area (Å²) in [6.45, 7) is 9.92. The lowest BCUT2D eigenvalue weighted by molar-refractivity contribution is 0.397. The van der Waals surface area contributed by atoms with Crippen molar-refractivity contribution in [2.24, 2.45) is 5.92 Å². The maximum Gasteiger partial charge on any atom is 0.0800 e. The zero-order chi connectivity index (χ0) is 12.7. The highest BCUT2D eigenvalue weighted by Gasteiger charge is 2.19. The maximum absolute atomic E-state index is 4.22. The van der Waals surface area contributed by atoms with E-state index in [-0.39, 0.29) is 0 Å². The molecule has 1 heterocycles. The molecule has 4 heteroatoms. The molecule has 0 saturated carbocycles. The molecule has 17 heavy (non-hydrogen) atoms. The zero-order valence-electron chi connectivity index (χ0n) is 11.5. The molecular weight excluding hydrogens is 230 g/mol. The summed E-state index contributed by atoms with van der Waals surface area (Å²) >= 11 is 1.56. The van der Waals surface area contributed by atoms with E-state index in [0.29, 0.717) is 6.04 Å². The van der Waals surface area contributed by atoms with Crippen LogP contribution < -0.4 is 5.32 Å². The summed E-state index contributed by atoms with van der Waals surface area (Å²) in [4.78, 5) is 1.34. The van der Waals surface area contributed by atoms with Crippen molar-refractivity contribution < 1.29 is 0 Å². The van der Waals surface area contributed by atoms with Gasteiger partial charge < -0.3 is 5.32 Å². The van der Waals surface area contributed by atoms with Crippen LogP contribution in [0.4, 0.5) is 0 Å². The van der Waals surface area contributed by atoms with Gasteiger partial charge in [-0.1, -0.05) is 45.0 Å². The van der Waals surface area contributed by atoms with Crippen molar-refractivity contribution in [3.05, 3.63) is 10.6 Å². The van der Waals surface area contributed by atoms with Gasteiger partial charge in [-0.15, -0.1) is 5.10 Å². The second kappa shape index (κ2) is 7.77. The predicted octanol–water partition coefficient (Wildman–Crippen LogP) is 3.58. The van der Waals surface area contributed by atoms with Crippen LogP contribution in [-0.4, -0.2) is 16.1 Å². The molecule has 1 aromatic rings. The molecule has 0 amide bonds. The molecular formula is C13H25N3S. The zero-order valence-corrected chi connectivity index (χ0v) is 12.3. The van der Waals surface area contributed by atoms with Crippen LogP contribution in [0.25, 0.3) is 0 Å². The van der Waals surface area contributed by atoms with Crippen LogP contribution in [0.15, 0.2) is 0 Å². The van der Waals surface area contributed by atoms with Gasteiger partial charge in [-0.2, -0.15) is 0 Å². The summed E-state index contributed by atoms with van der Waals surface area (Å²) in [7, 11) is 0. The van der Waals surface area contributed by atoms with Crippen LogP contribution in [0.1, 0.15) is 63.6 Å². The van der Waals surface area contributed by atoms with Crippen LogP contribution >= 0.6 is 11.5 Å².